The zero-order valence-corrected chi connectivity index (χ0v) is 18.2. The molecule has 0 atom stereocenters. The summed E-state index contributed by atoms with van der Waals surface area (Å²) in [7, 11) is 0. The molecule has 0 saturated heterocycles. The highest BCUT2D eigenvalue weighted by Gasteiger charge is 2.18. The molecule has 3 aromatic carbocycles. The van der Waals surface area contributed by atoms with E-state index in [1.54, 1.807) is 36.4 Å². The van der Waals surface area contributed by atoms with E-state index < -0.39 is 11.8 Å². The fourth-order valence-electron chi connectivity index (χ4n) is 4.01. The molecule has 4 rings (SSSR count). The van der Waals surface area contributed by atoms with Crippen LogP contribution in [0.3, 0.4) is 0 Å². The summed E-state index contributed by atoms with van der Waals surface area (Å²) in [5, 5.41) is 3.52. The third kappa shape index (κ3) is 4.05. The van der Waals surface area contributed by atoms with E-state index in [0.717, 1.165) is 27.6 Å². The monoisotopic (exact) mass is 453 g/mol. The van der Waals surface area contributed by atoms with Crippen molar-refractivity contribution in [3.05, 3.63) is 90.0 Å². The summed E-state index contributed by atoms with van der Waals surface area (Å²) >= 11 is 0. The van der Waals surface area contributed by atoms with Gasteiger partial charge >= 0.3 is 0 Å². The van der Waals surface area contributed by atoms with Gasteiger partial charge in [0.15, 0.2) is 0 Å². The van der Waals surface area contributed by atoms with Gasteiger partial charge in [0.2, 0.25) is 11.8 Å². The van der Waals surface area contributed by atoms with Gasteiger partial charge in [0, 0.05) is 28.9 Å². The summed E-state index contributed by atoms with van der Waals surface area (Å²) in [6, 6.07) is 17.7. The Kier molecular flexibility index (Phi) is 5.99. The maximum absolute atomic E-state index is 12.1. The molecule has 170 valence electrons. The predicted octanol–water partition coefficient (Wildman–Crippen LogP) is 3.28. The number of rotatable bonds is 7. The Bertz CT molecular complexity index is 1470. The normalized spacial score (nSPS) is 10.7. The molecule has 8 nitrogen and oxygen atoms in total. The minimum atomic E-state index is -0.582. The topological polar surface area (TPSA) is 157 Å². The predicted molar refractivity (Wildman–Crippen MR) is 133 cm³/mol. The number of fused-ring (bicyclic) bond motifs is 1. The van der Waals surface area contributed by atoms with Crippen molar-refractivity contribution in [2.24, 2.45) is 17.2 Å². The van der Waals surface area contributed by atoms with Crippen molar-refractivity contribution in [2.75, 3.05) is 5.32 Å². The number of hydrogen-bond acceptors (Lipinski definition) is 4. The molecule has 34 heavy (non-hydrogen) atoms. The van der Waals surface area contributed by atoms with Gasteiger partial charge in [-0.05, 0) is 58.7 Å². The van der Waals surface area contributed by atoms with Gasteiger partial charge in [-0.3, -0.25) is 14.4 Å². The molecule has 0 bridgehead atoms. The lowest BCUT2D eigenvalue weighted by atomic mass is 9.93. The molecule has 0 fully saturated rings. The molecule has 3 amide bonds. The Morgan fingerprint density at radius 2 is 1.71 bits per heavy atom. The Labute approximate surface area is 195 Å². The molecule has 0 radical (unpaired) electrons. The van der Waals surface area contributed by atoms with Crippen molar-refractivity contribution in [1.82, 2.24) is 4.98 Å². The minimum absolute atomic E-state index is 0.167. The number of hydrogen-bond donors (Lipinski definition) is 5. The molecule has 8 heteroatoms. The van der Waals surface area contributed by atoms with Crippen LogP contribution in [0.25, 0.3) is 33.3 Å². The molecule has 0 aliphatic rings. The first-order valence-electron chi connectivity index (χ1n) is 10.5. The smallest absolute Gasteiger partial charge is 0.250 e. The van der Waals surface area contributed by atoms with Crippen molar-refractivity contribution in [3.8, 4) is 22.4 Å². The molecular formula is C26H23N5O3. The van der Waals surface area contributed by atoms with E-state index in [4.69, 9.17) is 17.2 Å². The van der Waals surface area contributed by atoms with Crippen molar-refractivity contribution in [2.45, 2.75) is 6.54 Å². The lowest BCUT2D eigenvalue weighted by Crippen LogP contribution is -2.13. The maximum atomic E-state index is 12.1. The van der Waals surface area contributed by atoms with E-state index in [9.17, 15) is 14.4 Å². The molecule has 0 spiro atoms. The molecule has 4 aromatic rings. The van der Waals surface area contributed by atoms with Gasteiger partial charge in [-0.25, -0.2) is 0 Å². The van der Waals surface area contributed by atoms with Crippen LogP contribution in [-0.2, 0) is 11.3 Å². The molecule has 1 aromatic heterocycles. The molecule has 0 unspecified atom stereocenters. The summed E-state index contributed by atoms with van der Waals surface area (Å²) in [6.45, 7) is 3.66. The van der Waals surface area contributed by atoms with Gasteiger partial charge in [0.25, 0.3) is 5.91 Å². The van der Waals surface area contributed by atoms with Crippen molar-refractivity contribution >= 4 is 34.3 Å². The second-order valence-electron chi connectivity index (χ2n) is 7.67. The molecule has 8 N–H and O–H groups in total. The zero-order chi connectivity index (χ0) is 24.4. The lowest BCUT2D eigenvalue weighted by molar-refractivity contribution is -0.111. The van der Waals surface area contributed by atoms with Crippen molar-refractivity contribution in [3.63, 3.8) is 0 Å². The SMILES string of the molecule is C=CC(=O)Nc1cccc(-c2ccc(C(N)=O)c3[nH]c(-c4cccc(C(N)=O)c4)cc23)c1CN. The summed E-state index contributed by atoms with van der Waals surface area (Å²) in [5.41, 5.74) is 22.7. The number of primary amides is 2. The van der Waals surface area contributed by atoms with Crippen LogP contribution in [0.2, 0.25) is 0 Å². The average molecular weight is 454 g/mol. The maximum Gasteiger partial charge on any atom is 0.250 e. The summed E-state index contributed by atoms with van der Waals surface area (Å²) < 4.78 is 0. The molecule has 0 aliphatic heterocycles. The van der Waals surface area contributed by atoms with Crippen LogP contribution < -0.4 is 22.5 Å². The number of nitrogens with two attached hydrogens (primary N) is 3. The van der Waals surface area contributed by atoms with Crippen molar-refractivity contribution < 1.29 is 14.4 Å². The number of H-pyrrole nitrogens is 1. The molecular weight excluding hydrogens is 430 g/mol. The second-order valence-corrected chi connectivity index (χ2v) is 7.67. The minimum Gasteiger partial charge on any atom is -0.366 e. The highest BCUT2D eigenvalue weighted by atomic mass is 16.2. The highest BCUT2D eigenvalue weighted by molar-refractivity contribution is 6.11. The fraction of sp³-hybridized carbons (Fsp3) is 0.0385. The molecule has 0 aliphatic carbocycles. The zero-order valence-electron chi connectivity index (χ0n) is 18.2. The molecule has 1 heterocycles. The molecule has 0 saturated carbocycles. The largest absolute Gasteiger partial charge is 0.366 e. The van der Waals surface area contributed by atoms with Gasteiger partial charge < -0.3 is 27.5 Å². The van der Waals surface area contributed by atoms with E-state index in [1.165, 1.54) is 6.08 Å². The standard InChI is InChI=1S/C26H23N5O3/c1-2-23(32)30-21-8-4-7-16(20(21)13-27)17-9-10-18(26(29)34)24-19(17)12-22(31-24)14-5-3-6-15(11-14)25(28)33/h2-12,31H,1,13,27H2,(H2,28,33)(H2,29,34)(H,30,32). The number of aromatic amines is 1. The van der Waals surface area contributed by atoms with Crippen LogP contribution in [0.1, 0.15) is 26.3 Å². The van der Waals surface area contributed by atoms with Crippen LogP contribution in [0, 0.1) is 0 Å². The Morgan fingerprint density at radius 3 is 2.38 bits per heavy atom. The fourth-order valence-corrected chi connectivity index (χ4v) is 4.01. The van der Waals surface area contributed by atoms with E-state index >= 15 is 0 Å². The number of nitrogens with one attached hydrogen (secondary N) is 2. The van der Waals surface area contributed by atoms with Gasteiger partial charge in [-0.1, -0.05) is 36.9 Å². The van der Waals surface area contributed by atoms with E-state index in [2.05, 4.69) is 16.9 Å². The lowest BCUT2D eigenvalue weighted by Gasteiger charge is -2.15. The highest BCUT2D eigenvalue weighted by Crippen LogP contribution is 2.37. The summed E-state index contributed by atoms with van der Waals surface area (Å²) in [4.78, 5) is 39.0. The van der Waals surface area contributed by atoms with Gasteiger partial charge in [-0.15, -0.1) is 0 Å². The summed E-state index contributed by atoms with van der Waals surface area (Å²) in [5.74, 6) is -1.47. The number of amides is 3. The first-order valence-corrected chi connectivity index (χ1v) is 10.5. The third-order valence-corrected chi connectivity index (χ3v) is 5.63. The van der Waals surface area contributed by atoms with Crippen LogP contribution in [0.5, 0.6) is 0 Å². The van der Waals surface area contributed by atoms with Crippen molar-refractivity contribution in [1.29, 1.82) is 0 Å². The van der Waals surface area contributed by atoms with Crippen LogP contribution in [0.4, 0.5) is 5.69 Å². The van der Waals surface area contributed by atoms with Crippen LogP contribution in [-0.4, -0.2) is 22.7 Å². The van der Waals surface area contributed by atoms with E-state index in [0.29, 0.717) is 28.0 Å². The Hall–Kier alpha value is -4.69. The Morgan fingerprint density at radius 1 is 0.941 bits per heavy atom. The van der Waals surface area contributed by atoms with Gasteiger partial charge in [0.1, 0.15) is 0 Å². The Balaban J connectivity index is 1.96. The quantitative estimate of drug-likeness (QED) is 0.272. The second kappa shape index (κ2) is 9.05. The van der Waals surface area contributed by atoms with E-state index in [1.807, 2.05) is 24.3 Å². The number of carbonyl (C=O) groups is 3. The summed E-state index contributed by atoms with van der Waals surface area (Å²) in [6.07, 6.45) is 1.19. The van der Waals surface area contributed by atoms with Crippen LogP contribution >= 0.6 is 0 Å². The number of aromatic nitrogens is 1. The van der Waals surface area contributed by atoms with Crippen LogP contribution in [0.15, 0.2) is 73.3 Å². The first kappa shape index (κ1) is 22.5. The van der Waals surface area contributed by atoms with Gasteiger partial charge in [-0.2, -0.15) is 0 Å². The van der Waals surface area contributed by atoms with E-state index in [-0.39, 0.29) is 12.5 Å². The number of anilines is 1. The number of carbonyl (C=O) groups excluding carboxylic acids is 3. The number of benzene rings is 3. The van der Waals surface area contributed by atoms with Gasteiger partial charge in [0.05, 0.1) is 11.1 Å². The average Bonchev–Trinajstić information content (AvgIpc) is 3.28. The third-order valence-electron chi connectivity index (χ3n) is 5.63. The first-order chi connectivity index (χ1) is 16.3.